The monoisotopic (exact) mass is 408 g/mol. The van der Waals surface area contributed by atoms with Crippen LogP contribution < -0.4 is 5.32 Å². The topological polar surface area (TPSA) is 71.5 Å². The number of fused-ring (bicyclic) bond motifs is 2. The van der Waals surface area contributed by atoms with Crippen LogP contribution in [0.3, 0.4) is 0 Å². The summed E-state index contributed by atoms with van der Waals surface area (Å²) in [6.45, 7) is 9.25. The molecule has 0 aliphatic carbocycles. The molecule has 0 amide bonds. The minimum absolute atomic E-state index is 0.239. The number of oxazole rings is 1. The maximum atomic E-state index is 14.8. The Morgan fingerprint density at radius 2 is 1.97 bits per heavy atom. The Balaban J connectivity index is 1.45. The molecule has 8 heteroatoms. The first kappa shape index (κ1) is 19.0. The summed E-state index contributed by atoms with van der Waals surface area (Å²) >= 11 is 0. The van der Waals surface area contributed by atoms with Gasteiger partial charge in [0.25, 0.3) is 6.01 Å². The van der Waals surface area contributed by atoms with Crippen LogP contribution in [0.5, 0.6) is 0 Å². The van der Waals surface area contributed by atoms with E-state index in [0.717, 1.165) is 49.4 Å². The van der Waals surface area contributed by atoms with Crippen LogP contribution in [-0.2, 0) is 0 Å². The molecule has 1 N–H and O–H groups in total. The molecule has 156 valence electrons. The molecule has 0 radical (unpaired) electrons. The lowest BCUT2D eigenvalue weighted by Crippen LogP contribution is -2.38. The molecule has 1 fully saturated rings. The van der Waals surface area contributed by atoms with Crippen molar-refractivity contribution >= 4 is 22.8 Å². The molecular weight excluding hydrogens is 383 g/mol. The summed E-state index contributed by atoms with van der Waals surface area (Å²) < 4.78 is 22.4. The van der Waals surface area contributed by atoms with Crippen molar-refractivity contribution in [1.82, 2.24) is 24.5 Å². The maximum absolute atomic E-state index is 14.8. The number of likely N-dealkylation sites (tertiary alicyclic amines) is 1. The summed E-state index contributed by atoms with van der Waals surface area (Å²) in [5.74, 6) is -0.415. The summed E-state index contributed by atoms with van der Waals surface area (Å²) in [5, 5.41) is 7.93. The zero-order chi connectivity index (χ0) is 20.8. The SMILES string of the molecule is CCN1CCC(Nc2nc3c(F)cc(-c4cc(C)c5nc(C)cn5n4)cc3o2)CC1. The Morgan fingerprint density at radius 3 is 2.73 bits per heavy atom. The number of benzene rings is 1. The van der Waals surface area contributed by atoms with Crippen LogP contribution in [0.25, 0.3) is 28.0 Å². The minimum atomic E-state index is -0.415. The third kappa shape index (κ3) is 3.41. The Morgan fingerprint density at radius 1 is 1.17 bits per heavy atom. The van der Waals surface area contributed by atoms with Crippen molar-refractivity contribution in [1.29, 1.82) is 0 Å². The van der Waals surface area contributed by atoms with Crippen molar-refractivity contribution < 1.29 is 8.81 Å². The van der Waals surface area contributed by atoms with Crippen LogP contribution in [-0.4, -0.2) is 50.2 Å². The largest absolute Gasteiger partial charge is 0.423 e. The van der Waals surface area contributed by atoms with Crippen LogP contribution in [0.15, 0.2) is 28.8 Å². The second kappa shape index (κ2) is 7.36. The third-order valence-corrected chi connectivity index (χ3v) is 5.84. The van der Waals surface area contributed by atoms with Gasteiger partial charge in [0, 0.05) is 24.7 Å². The molecule has 30 heavy (non-hydrogen) atoms. The van der Waals surface area contributed by atoms with Gasteiger partial charge in [0.15, 0.2) is 17.0 Å². The predicted molar refractivity (Wildman–Crippen MR) is 114 cm³/mol. The van der Waals surface area contributed by atoms with Gasteiger partial charge in [-0.2, -0.15) is 10.1 Å². The fourth-order valence-electron chi connectivity index (χ4n) is 4.15. The standard InChI is InChI=1S/C22H25FN6O/c1-4-28-7-5-16(6-8-28)25-22-26-20-17(23)10-15(11-19(20)30-22)18-9-13(2)21-24-14(3)12-29(21)27-18/h9-12,16H,4-8H2,1-3H3,(H,25,26). The van der Waals surface area contributed by atoms with E-state index in [-0.39, 0.29) is 5.52 Å². The molecule has 1 aromatic carbocycles. The van der Waals surface area contributed by atoms with E-state index in [1.54, 1.807) is 10.6 Å². The second-order valence-electron chi connectivity index (χ2n) is 8.04. The zero-order valence-corrected chi connectivity index (χ0v) is 17.4. The number of aryl methyl sites for hydroxylation is 2. The Bertz CT molecular complexity index is 1220. The number of anilines is 1. The van der Waals surface area contributed by atoms with Gasteiger partial charge in [-0.25, -0.2) is 13.9 Å². The molecule has 4 aromatic rings. The highest BCUT2D eigenvalue weighted by Gasteiger charge is 2.21. The lowest BCUT2D eigenvalue weighted by molar-refractivity contribution is 0.228. The highest BCUT2D eigenvalue weighted by molar-refractivity contribution is 5.81. The van der Waals surface area contributed by atoms with Crippen LogP contribution in [0, 0.1) is 19.7 Å². The number of nitrogens with zero attached hydrogens (tertiary/aromatic N) is 5. The molecule has 0 spiro atoms. The van der Waals surface area contributed by atoms with E-state index >= 15 is 0 Å². The fraction of sp³-hybridized carbons (Fsp3) is 0.409. The molecule has 5 rings (SSSR count). The number of halogens is 1. The third-order valence-electron chi connectivity index (χ3n) is 5.84. The first-order valence-corrected chi connectivity index (χ1v) is 10.4. The molecule has 4 heterocycles. The molecule has 1 saturated heterocycles. The number of nitrogens with one attached hydrogen (secondary N) is 1. The number of hydrogen-bond acceptors (Lipinski definition) is 6. The van der Waals surface area contributed by atoms with Gasteiger partial charge in [-0.3, -0.25) is 0 Å². The van der Waals surface area contributed by atoms with Crippen molar-refractivity contribution in [3.05, 3.63) is 41.5 Å². The number of aromatic nitrogens is 4. The molecule has 0 unspecified atom stereocenters. The van der Waals surface area contributed by atoms with E-state index < -0.39 is 5.82 Å². The quantitative estimate of drug-likeness (QED) is 0.546. The van der Waals surface area contributed by atoms with E-state index in [1.165, 1.54) is 6.07 Å². The summed E-state index contributed by atoms with van der Waals surface area (Å²) in [5.41, 5.74) is 4.64. The van der Waals surface area contributed by atoms with Crippen LogP contribution in [0.4, 0.5) is 10.4 Å². The predicted octanol–water partition coefficient (Wildman–Crippen LogP) is 4.19. The molecule has 1 aliphatic rings. The number of hydrogen-bond donors (Lipinski definition) is 1. The van der Waals surface area contributed by atoms with Crippen molar-refractivity contribution in [3.8, 4) is 11.3 Å². The van der Waals surface area contributed by atoms with Gasteiger partial charge in [-0.1, -0.05) is 6.92 Å². The van der Waals surface area contributed by atoms with Gasteiger partial charge in [0.1, 0.15) is 5.52 Å². The van der Waals surface area contributed by atoms with E-state index in [1.807, 2.05) is 26.1 Å². The normalized spacial score (nSPS) is 16.0. The molecule has 3 aromatic heterocycles. The van der Waals surface area contributed by atoms with Crippen LogP contribution in [0.2, 0.25) is 0 Å². The molecule has 0 bridgehead atoms. The van der Waals surface area contributed by atoms with Gasteiger partial charge in [0.2, 0.25) is 0 Å². The van der Waals surface area contributed by atoms with Crippen LogP contribution >= 0.6 is 0 Å². The summed E-state index contributed by atoms with van der Waals surface area (Å²) in [7, 11) is 0. The highest BCUT2D eigenvalue weighted by Crippen LogP contribution is 2.29. The van der Waals surface area contributed by atoms with E-state index in [9.17, 15) is 4.39 Å². The lowest BCUT2D eigenvalue weighted by Gasteiger charge is -2.30. The van der Waals surface area contributed by atoms with Crippen molar-refractivity contribution in [2.75, 3.05) is 25.0 Å². The summed E-state index contributed by atoms with van der Waals surface area (Å²) in [4.78, 5) is 11.2. The van der Waals surface area contributed by atoms with E-state index in [0.29, 0.717) is 28.9 Å². The Hall–Kier alpha value is -3.00. The average molecular weight is 408 g/mol. The number of rotatable bonds is 4. The molecule has 7 nitrogen and oxygen atoms in total. The van der Waals surface area contributed by atoms with Gasteiger partial charge < -0.3 is 14.6 Å². The zero-order valence-electron chi connectivity index (χ0n) is 17.4. The van der Waals surface area contributed by atoms with Crippen LogP contribution in [0.1, 0.15) is 31.0 Å². The van der Waals surface area contributed by atoms with E-state index in [4.69, 9.17) is 4.42 Å². The maximum Gasteiger partial charge on any atom is 0.296 e. The van der Waals surface area contributed by atoms with Crippen molar-refractivity contribution in [2.24, 2.45) is 0 Å². The first-order valence-electron chi connectivity index (χ1n) is 10.4. The minimum Gasteiger partial charge on any atom is -0.423 e. The van der Waals surface area contributed by atoms with Gasteiger partial charge >= 0.3 is 0 Å². The molecule has 0 atom stereocenters. The Kier molecular flexibility index (Phi) is 4.66. The van der Waals surface area contributed by atoms with E-state index in [2.05, 4.69) is 32.2 Å². The van der Waals surface area contributed by atoms with Crippen molar-refractivity contribution in [2.45, 2.75) is 39.7 Å². The van der Waals surface area contributed by atoms with Crippen molar-refractivity contribution in [3.63, 3.8) is 0 Å². The molecule has 0 saturated carbocycles. The summed E-state index contributed by atoms with van der Waals surface area (Å²) in [6, 6.07) is 5.85. The highest BCUT2D eigenvalue weighted by atomic mass is 19.1. The molecular formula is C22H25FN6O. The van der Waals surface area contributed by atoms with Gasteiger partial charge in [0.05, 0.1) is 17.6 Å². The lowest BCUT2D eigenvalue weighted by atomic mass is 10.1. The summed E-state index contributed by atoms with van der Waals surface area (Å²) in [6.07, 6.45) is 3.91. The first-order chi connectivity index (χ1) is 14.5. The number of piperidine rings is 1. The smallest absolute Gasteiger partial charge is 0.296 e. The van der Waals surface area contributed by atoms with Gasteiger partial charge in [-0.15, -0.1) is 0 Å². The molecule has 1 aliphatic heterocycles. The Labute approximate surface area is 173 Å². The number of imidazole rings is 1. The average Bonchev–Trinajstić information content (AvgIpc) is 3.31. The second-order valence-corrected chi connectivity index (χ2v) is 8.04. The van der Waals surface area contributed by atoms with Gasteiger partial charge in [-0.05, 0) is 57.0 Å². The fourth-order valence-corrected chi connectivity index (χ4v) is 4.15.